The van der Waals surface area contributed by atoms with Crippen LogP contribution in [0.15, 0.2) is 30.5 Å². The molecule has 1 fully saturated rings. The third-order valence-corrected chi connectivity index (χ3v) is 6.94. The van der Waals surface area contributed by atoms with Crippen molar-refractivity contribution >= 4 is 17.1 Å². The number of hydrogen-bond donors (Lipinski definition) is 2. The minimum Gasteiger partial charge on any atom is -0.493 e. The lowest BCUT2D eigenvalue weighted by Crippen LogP contribution is -2.48. The maximum absolute atomic E-state index is 15.3. The van der Waals surface area contributed by atoms with E-state index in [2.05, 4.69) is 32.9 Å². The van der Waals surface area contributed by atoms with Gasteiger partial charge in [0.15, 0.2) is 0 Å². The van der Waals surface area contributed by atoms with Gasteiger partial charge < -0.3 is 10.1 Å². The molecule has 35 heavy (non-hydrogen) atoms. The smallest absolute Gasteiger partial charge is 0.256 e. The number of halogens is 1. The predicted octanol–water partition coefficient (Wildman–Crippen LogP) is 3.86. The normalized spacial score (nSPS) is 20.6. The average molecular weight is 480 g/mol. The average Bonchev–Trinajstić information content (AvgIpc) is 3.48. The Balaban J connectivity index is 1.49. The summed E-state index contributed by atoms with van der Waals surface area (Å²) in [6.07, 6.45) is 7.83. The van der Waals surface area contributed by atoms with E-state index in [1.54, 1.807) is 12.1 Å². The number of carbonyl (C=O) groups is 1. The number of aromatic nitrogens is 6. The summed E-state index contributed by atoms with van der Waals surface area (Å²) < 4.78 is 22.9. The monoisotopic (exact) mass is 479 g/mol. The van der Waals surface area contributed by atoms with Gasteiger partial charge in [-0.15, -0.1) is 10.2 Å². The second kappa shape index (κ2) is 9.59. The number of rotatable bonds is 9. The zero-order chi connectivity index (χ0) is 24.4. The van der Waals surface area contributed by atoms with Crippen molar-refractivity contribution in [3.63, 3.8) is 0 Å². The molecule has 3 heterocycles. The third-order valence-electron chi connectivity index (χ3n) is 6.94. The first-order valence-corrected chi connectivity index (χ1v) is 12.2. The Morgan fingerprint density at radius 1 is 1.29 bits per heavy atom. The fourth-order valence-electron chi connectivity index (χ4n) is 4.75. The van der Waals surface area contributed by atoms with E-state index in [1.165, 1.54) is 25.3 Å². The number of H-pyrrole nitrogens is 1. The highest BCUT2D eigenvalue weighted by Crippen LogP contribution is 2.41. The van der Waals surface area contributed by atoms with Crippen LogP contribution < -0.4 is 10.1 Å². The Labute approximate surface area is 203 Å². The van der Waals surface area contributed by atoms with E-state index in [1.807, 2.05) is 23.9 Å². The molecule has 0 spiro atoms. The molecule has 5 rings (SSSR count). The van der Waals surface area contributed by atoms with Gasteiger partial charge in [-0.05, 0) is 55.0 Å². The highest BCUT2D eigenvalue weighted by atomic mass is 19.1. The second-order valence-corrected chi connectivity index (χ2v) is 9.62. The lowest BCUT2D eigenvalue weighted by Gasteiger charge is -2.37. The minimum atomic E-state index is -0.997. The first kappa shape index (κ1) is 23.2. The zero-order valence-corrected chi connectivity index (χ0v) is 20.1. The summed E-state index contributed by atoms with van der Waals surface area (Å²) >= 11 is 0. The zero-order valence-electron chi connectivity index (χ0n) is 20.1. The molecule has 2 N–H and O–H groups in total. The fourth-order valence-corrected chi connectivity index (χ4v) is 4.75. The molecule has 184 valence electrons. The molecule has 1 amide bonds. The molecule has 0 radical (unpaired) electrons. The van der Waals surface area contributed by atoms with Gasteiger partial charge in [-0.1, -0.05) is 25.8 Å². The summed E-state index contributed by atoms with van der Waals surface area (Å²) in [5.74, 6) is 0.475. The number of hydrogen-bond acceptors (Lipinski definition) is 6. The molecule has 10 heteroatoms. The van der Waals surface area contributed by atoms with Gasteiger partial charge in [-0.25, -0.2) is 4.39 Å². The molecule has 0 unspecified atom stereocenters. The fraction of sp³-hybridized carbons (Fsp3) is 0.480. The highest BCUT2D eigenvalue weighted by molar-refractivity contribution is 6.27. The van der Waals surface area contributed by atoms with Crippen molar-refractivity contribution in [1.82, 2.24) is 35.7 Å². The van der Waals surface area contributed by atoms with Crippen LogP contribution in [-0.4, -0.2) is 42.9 Å². The number of nitrogens with zero attached hydrogens (tertiary/aromatic N) is 5. The van der Waals surface area contributed by atoms with E-state index < -0.39 is 17.3 Å². The molecule has 3 aromatic rings. The maximum atomic E-state index is 15.3. The van der Waals surface area contributed by atoms with Gasteiger partial charge >= 0.3 is 0 Å². The van der Waals surface area contributed by atoms with Crippen LogP contribution >= 0.6 is 0 Å². The van der Waals surface area contributed by atoms with Crippen LogP contribution in [0, 0.1) is 11.7 Å². The van der Waals surface area contributed by atoms with Crippen molar-refractivity contribution in [3.8, 4) is 5.75 Å². The molecule has 1 atom stereocenters. The van der Waals surface area contributed by atoms with Crippen molar-refractivity contribution in [2.75, 3.05) is 6.61 Å². The van der Waals surface area contributed by atoms with Gasteiger partial charge in [0.2, 0.25) is 5.82 Å². The summed E-state index contributed by atoms with van der Waals surface area (Å²) in [6, 6.07) is 6.71. The van der Waals surface area contributed by atoms with Crippen molar-refractivity contribution in [2.45, 2.75) is 64.5 Å². The van der Waals surface area contributed by atoms with Crippen LogP contribution in [0.5, 0.6) is 5.75 Å². The van der Waals surface area contributed by atoms with Crippen LogP contribution in [0.3, 0.4) is 0 Å². The molecule has 0 bridgehead atoms. The van der Waals surface area contributed by atoms with Gasteiger partial charge in [0.05, 0.1) is 23.4 Å². The Bertz CT molecular complexity index is 1230. The van der Waals surface area contributed by atoms with Crippen LogP contribution in [0.1, 0.15) is 69.5 Å². The number of nitrogens with one attached hydrogen (secondary N) is 2. The number of aromatic amines is 1. The molecule has 1 saturated carbocycles. The van der Waals surface area contributed by atoms with Gasteiger partial charge in [0.25, 0.3) is 5.91 Å². The molecule has 1 aromatic carbocycles. The largest absolute Gasteiger partial charge is 0.493 e. The first-order valence-electron chi connectivity index (χ1n) is 12.2. The van der Waals surface area contributed by atoms with E-state index in [0.717, 1.165) is 19.4 Å². The number of amides is 1. The van der Waals surface area contributed by atoms with Gasteiger partial charge in [-0.2, -0.15) is 10.3 Å². The third kappa shape index (κ3) is 4.69. The van der Waals surface area contributed by atoms with Crippen LogP contribution in [0.4, 0.5) is 4.39 Å². The SMILES string of the molecule is CCCCOc1ccc([C@]2(C)CC(c3ccn(CC4CCC4)n3)=C(c3nn[nH]n3)C(=O)N2)c(F)c1. The number of carbonyl (C=O) groups excluding carboxylic acids is 1. The van der Waals surface area contributed by atoms with E-state index in [0.29, 0.717) is 47.1 Å². The van der Waals surface area contributed by atoms with E-state index >= 15 is 4.39 Å². The Hall–Kier alpha value is -3.56. The van der Waals surface area contributed by atoms with Crippen LogP contribution in [0.25, 0.3) is 11.1 Å². The van der Waals surface area contributed by atoms with E-state index in [9.17, 15) is 4.79 Å². The molecular formula is C25H30FN7O2. The molecule has 1 aliphatic carbocycles. The summed E-state index contributed by atoms with van der Waals surface area (Å²) in [5, 5.41) is 21.9. The topological polar surface area (TPSA) is 111 Å². The Morgan fingerprint density at radius 2 is 2.14 bits per heavy atom. The number of unbranched alkanes of at least 4 members (excludes halogenated alkanes) is 1. The summed E-state index contributed by atoms with van der Waals surface area (Å²) in [7, 11) is 0. The van der Waals surface area contributed by atoms with Gasteiger partial charge in [0, 0.05) is 30.8 Å². The van der Waals surface area contributed by atoms with Crippen molar-refractivity contribution in [3.05, 3.63) is 53.4 Å². The summed E-state index contributed by atoms with van der Waals surface area (Å²) in [4.78, 5) is 13.4. The molecule has 0 saturated heterocycles. The van der Waals surface area contributed by atoms with E-state index in [-0.39, 0.29) is 5.82 Å². The molecule has 2 aliphatic rings. The molecule has 1 aliphatic heterocycles. The standard InChI is InChI=1S/C25H30FN7O2/c1-3-4-12-35-17-8-9-19(20(26)13-17)25(2)14-18(22(24(34)27-25)23-28-31-32-29-23)21-10-11-33(30-21)15-16-6-5-7-16/h8-11,13,16H,3-7,12,14-15H2,1-2H3,(H,27,34)(H,28,29,31,32)/t25-/m0/s1. The molecular weight excluding hydrogens is 449 g/mol. The molecule has 2 aromatic heterocycles. The predicted molar refractivity (Wildman–Crippen MR) is 127 cm³/mol. The summed E-state index contributed by atoms with van der Waals surface area (Å²) in [5.41, 5.74) is 0.999. The van der Waals surface area contributed by atoms with Crippen molar-refractivity contribution < 1.29 is 13.9 Å². The van der Waals surface area contributed by atoms with Crippen LogP contribution in [-0.2, 0) is 16.9 Å². The number of tetrazole rings is 1. The number of benzene rings is 1. The minimum absolute atomic E-state index is 0.188. The first-order chi connectivity index (χ1) is 17.0. The second-order valence-electron chi connectivity index (χ2n) is 9.62. The highest BCUT2D eigenvalue weighted by Gasteiger charge is 2.41. The maximum Gasteiger partial charge on any atom is 0.256 e. The molecule has 9 nitrogen and oxygen atoms in total. The Morgan fingerprint density at radius 3 is 2.83 bits per heavy atom. The summed E-state index contributed by atoms with van der Waals surface area (Å²) in [6.45, 7) is 5.28. The van der Waals surface area contributed by atoms with E-state index in [4.69, 9.17) is 9.84 Å². The lowest BCUT2D eigenvalue weighted by atomic mass is 9.79. The van der Waals surface area contributed by atoms with Gasteiger partial charge in [-0.3, -0.25) is 9.48 Å². The Kier molecular flexibility index (Phi) is 6.36. The van der Waals surface area contributed by atoms with Crippen molar-refractivity contribution in [1.29, 1.82) is 0 Å². The van der Waals surface area contributed by atoms with Crippen molar-refractivity contribution in [2.24, 2.45) is 5.92 Å². The van der Waals surface area contributed by atoms with Gasteiger partial charge in [0.1, 0.15) is 11.6 Å². The lowest BCUT2D eigenvalue weighted by molar-refractivity contribution is -0.117. The van der Waals surface area contributed by atoms with Crippen LogP contribution in [0.2, 0.25) is 0 Å². The quantitative estimate of drug-likeness (QED) is 0.451. The number of ether oxygens (including phenoxy) is 1.